The number of rotatable bonds is 9. The number of hydrogen-bond donors (Lipinski definition) is 2. The minimum Gasteiger partial charge on any atom is -0.355 e. The van der Waals surface area contributed by atoms with Crippen LogP contribution in [0.5, 0.6) is 0 Å². The predicted molar refractivity (Wildman–Crippen MR) is 110 cm³/mol. The zero-order valence-corrected chi connectivity index (χ0v) is 17.1. The van der Waals surface area contributed by atoms with Crippen molar-refractivity contribution in [3.05, 3.63) is 71.3 Å². The molecular formula is C23H27F3N2O2. The number of amides is 2. The van der Waals surface area contributed by atoms with Crippen LogP contribution in [-0.2, 0) is 22.2 Å². The molecule has 0 saturated carbocycles. The molecule has 0 aromatic heterocycles. The molecule has 0 bridgehead atoms. The summed E-state index contributed by atoms with van der Waals surface area (Å²) in [5.41, 5.74) is 0.553. The zero-order valence-electron chi connectivity index (χ0n) is 17.1. The third-order valence-corrected chi connectivity index (χ3v) is 4.54. The highest BCUT2D eigenvalue weighted by atomic mass is 19.4. The van der Waals surface area contributed by atoms with Gasteiger partial charge in [-0.3, -0.25) is 9.59 Å². The van der Waals surface area contributed by atoms with E-state index in [1.165, 1.54) is 6.07 Å². The highest BCUT2D eigenvalue weighted by Crippen LogP contribution is 2.32. The minimum atomic E-state index is -4.44. The maximum Gasteiger partial charge on any atom is 0.416 e. The van der Waals surface area contributed by atoms with Crippen LogP contribution in [0, 0.1) is 5.92 Å². The molecule has 2 rings (SSSR count). The van der Waals surface area contributed by atoms with Crippen LogP contribution in [0.15, 0.2) is 54.6 Å². The average molecular weight is 420 g/mol. The molecule has 2 amide bonds. The van der Waals surface area contributed by atoms with Crippen LogP contribution in [0.3, 0.4) is 0 Å². The van der Waals surface area contributed by atoms with E-state index in [-0.39, 0.29) is 37.1 Å². The summed E-state index contributed by atoms with van der Waals surface area (Å²) < 4.78 is 39.1. The number of carbonyl (C=O) groups excluding carboxylic acids is 2. The van der Waals surface area contributed by atoms with E-state index in [2.05, 4.69) is 10.6 Å². The second-order valence-electron chi connectivity index (χ2n) is 7.64. The predicted octanol–water partition coefficient (Wildman–Crippen LogP) is 4.66. The second-order valence-corrected chi connectivity index (χ2v) is 7.64. The first kappa shape index (κ1) is 23.4. The quantitative estimate of drug-likeness (QED) is 0.620. The van der Waals surface area contributed by atoms with Gasteiger partial charge in [0.15, 0.2) is 0 Å². The molecule has 0 heterocycles. The van der Waals surface area contributed by atoms with E-state index in [1.54, 1.807) is 6.07 Å². The first-order chi connectivity index (χ1) is 14.1. The molecule has 0 aliphatic carbocycles. The lowest BCUT2D eigenvalue weighted by Gasteiger charge is -2.22. The fourth-order valence-corrected chi connectivity index (χ4v) is 3.11. The van der Waals surface area contributed by atoms with E-state index in [9.17, 15) is 22.8 Å². The Hall–Kier alpha value is -2.83. The van der Waals surface area contributed by atoms with Gasteiger partial charge in [-0.05, 0) is 35.6 Å². The molecule has 2 N–H and O–H groups in total. The van der Waals surface area contributed by atoms with Crippen molar-refractivity contribution in [2.45, 2.75) is 45.3 Å². The standard InChI is InChI=1S/C23H27F3N2O2/c1-16(2)13-20(18-9-6-10-19(15-18)23(24,25)26)28-21(29)11-12-27-22(30)14-17-7-4-3-5-8-17/h3-10,15-16,20H,11-14H2,1-2H3,(H,27,30)(H,28,29). The van der Waals surface area contributed by atoms with Crippen molar-refractivity contribution in [1.82, 2.24) is 10.6 Å². The maximum absolute atomic E-state index is 13.0. The fourth-order valence-electron chi connectivity index (χ4n) is 3.11. The molecule has 30 heavy (non-hydrogen) atoms. The zero-order chi connectivity index (χ0) is 22.1. The molecular weight excluding hydrogens is 393 g/mol. The van der Waals surface area contributed by atoms with Crippen LogP contribution in [0.25, 0.3) is 0 Å². The van der Waals surface area contributed by atoms with Gasteiger partial charge in [0.25, 0.3) is 0 Å². The third-order valence-electron chi connectivity index (χ3n) is 4.54. The summed E-state index contributed by atoms with van der Waals surface area (Å²) in [6, 6.07) is 13.7. The Morgan fingerprint density at radius 1 is 0.967 bits per heavy atom. The van der Waals surface area contributed by atoms with Gasteiger partial charge in [-0.1, -0.05) is 56.3 Å². The van der Waals surface area contributed by atoms with Gasteiger partial charge in [-0.15, -0.1) is 0 Å². The molecule has 0 fully saturated rings. The van der Waals surface area contributed by atoms with Crippen LogP contribution in [0.1, 0.15) is 49.4 Å². The van der Waals surface area contributed by atoms with Crippen molar-refractivity contribution in [3.8, 4) is 0 Å². The number of hydrogen-bond acceptors (Lipinski definition) is 2. The number of alkyl halides is 3. The van der Waals surface area contributed by atoms with Gasteiger partial charge in [0.05, 0.1) is 18.0 Å². The Kier molecular flexibility index (Phi) is 8.45. The van der Waals surface area contributed by atoms with E-state index in [4.69, 9.17) is 0 Å². The van der Waals surface area contributed by atoms with Gasteiger partial charge in [-0.2, -0.15) is 13.2 Å². The molecule has 1 unspecified atom stereocenters. The van der Waals surface area contributed by atoms with E-state index < -0.39 is 17.8 Å². The summed E-state index contributed by atoms with van der Waals surface area (Å²) in [6.07, 6.45) is -3.66. The van der Waals surface area contributed by atoms with Gasteiger partial charge < -0.3 is 10.6 Å². The molecule has 0 spiro atoms. The number of carbonyl (C=O) groups is 2. The van der Waals surface area contributed by atoms with Crippen LogP contribution in [0.2, 0.25) is 0 Å². The van der Waals surface area contributed by atoms with Crippen LogP contribution in [-0.4, -0.2) is 18.4 Å². The van der Waals surface area contributed by atoms with Gasteiger partial charge in [0.1, 0.15) is 0 Å². The Bertz CT molecular complexity index is 836. The van der Waals surface area contributed by atoms with Gasteiger partial charge in [-0.25, -0.2) is 0 Å². The van der Waals surface area contributed by atoms with Crippen molar-refractivity contribution >= 4 is 11.8 Å². The van der Waals surface area contributed by atoms with E-state index in [0.717, 1.165) is 17.7 Å². The summed E-state index contributed by atoms with van der Waals surface area (Å²) in [6.45, 7) is 4.04. The second kappa shape index (κ2) is 10.8. The summed E-state index contributed by atoms with van der Waals surface area (Å²) >= 11 is 0. The first-order valence-electron chi connectivity index (χ1n) is 9.92. The Balaban J connectivity index is 1.91. The molecule has 2 aromatic rings. The van der Waals surface area contributed by atoms with E-state index >= 15 is 0 Å². The lowest BCUT2D eigenvalue weighted by Crippen LogP contribution is -2.34. The number of nitrogens with one attached hydrogen (secondary N) is 2. The first-order valence-corrected chi connectivity index (χ1v) is 9.92. The van der Waals surface area contributed by atoms with Crippen LogP contribution in [0.4, 0.5) is 13.2 Å². The molecule has 4 nitrogen and oxygen atoms in total. The fraction of sp³-hybridized carbons (Fsp3) is 0.391. The normalized spacial score (nSPS) is 12.5. The summed E-state index contributed by atoms with van der Waals surface area (Å²) in [5.74, 6) is -0.334. The average Bonchev–Trinajstić information content (AvgIpc) is 2.67. The largest absolute Gasteiger partial charge is 0.416 e. The SMILES string of the molecule is CC(C)CC(NC(=O)CCNC(=O)Cc1ccccc1)c1cccc(C(F)(F)F)c1. The van der Waals surface area contributed by atoms with Crippen molar-refractivity contribution in [2.75, 3.05) is 6.54 Å². The molecule has 0 aliphatic heterocycles. The highest BCUT2D eigenvalue weighted by molar-refractivity contribution is 5.80. The molecule has 0 saturated heterocycles. The lowest BCUT2D eigenvalue weighted by molar-refractivity contribution is -0.137. The Morgan fingerprint density at radius 3 is 2.30 bits per heavy atom. The Morgan fingerprint density at radius 2 is 1.67 bits per heavy atom. The molecule has 0 aliphatic rings. The van der Waals surface area contributed by atoms with Crippen molar-refractivity contribution in [2.24, 2.45) is 5.92 Å². The van der Waals surface area contributed by atoms with Gasteiger partial charge in [0.2, 0.25) is 11.8 Å². The van der Waals surface area contributed by atoms with Crippen molar-refractivity contribution in [1.29, 1.82) is 0 Å². The van der Waals surface area contributed by atoms with Crippen molar-refractivity contribution < 1.29 is 22.8 Å². The van der Waals surface area contributed by atoms with Gasteiger partial charge in [0, 0.05) is 13.0 Å². The van der Waals surface area contributed by atoms with Gasteiger partial charge >= 0.3 is 6.18 Å². The van der Waals surface area contributed by atoms with E-state index in [1.807, 2.05) is 44.2 Å². The monoisotopic (exact) mass is 420 g/mol. The molecule has 0 radical (unpaired) electrons. The molecule has 7 heteroatoms. The minimum absolute atomic E-state index is 0.0497. The third kappa shape index (κ3) is 7.89. The van der Waals surface area contributed by atoms with E-state index in [0.29, 0.717) is 12.0 Å². The van der Waals surface area contributed by atoms with Crippen molar-refractivity contribution in [3.63, 3.8) is 0 Å². The molecule has 1 atom stereocenters. The maximum atomic E-state index is 13.0. The summed E-state index contributed by atoms with van der Waals surface area (Å²) in [5, 5.41) is 5.51. The molecule has 2 aromatic carbocycles. The number of halogens is 3. The number of benzene rings is 2. The van der Waals surface area contributed by atoms with Crippen LogP contribution < -0.4 is 10.6 Å². The summed E-state index contributed by atoms with van der Waals surface area (Å²) in [7, 11) is 0. The van der Waals surface area contributed by atoms with Crippen LogP contribution >= 0.6 is 0 Å². The Labute approximate surface area is 174 Å². The lowest BCUT2D eigenvalue weighted by atomic mass is 9.95. The summed E-state index contributed by atoms with van der Waals surface area (Å²) in [4.78, 5) is 24.3. The molecule has 162 valence electrons. The highest BCUT2D eigenvalue weighted by Gasteiger charge is 2.31. The smallest absolute Gasteiger partial charge is 0.355 e. The topological polar surface area (TPSA) is 58.2 Å².